The average molecular weight is 558 g/mol. The topological polar surface area (TPSA) is 96.9 Å². The maximum atomic E-state index is 13.7. The Bertz CT molecular complexity index is 1460. The summed E-state index contributed by atoms with van der Waals surface area (Å²) in [5, 5.41) is 3.18. The van der Waals surface area contributed by atoms with Crippen molar-refractivity contribution in [1.82, 2.24) is 25.1 Å². The number of rotatable bonds is 2. The van der Waals surface area contributed by atoms with Crippen molar-refractivity contribution < 1.29 is 19.1 Å². The molecule has 216 valence electrons. The minimum atomic E-state index is -0.179. The van der Waals surface area contributed by atoms with Gasteiger partial charge in [0.1, 0.15) is 0 Å². The summed E-state index contributed by atoms with van der Waals surface area (Å²) >= 11 is 0. The predicted octanol–water partition coefficient (Wildman–Crippen LogP) is 4.21. The van der Waals surface area contributed by atoms with Crippen LogP contribution in [0.15, 0.2) is 36.4 Å². The van der Waals surface area contributed by atoms with Gasteiger partial charge in [0.15, 0.2) is 11.5 Å². The van der Waals surface area contributed by atoms with Crippen molar-refractivity contribution in [3.05, 3.63) is 58.9 Å². The van der Waals surface area contributed by atoms with Gasteiger partial charge in [0.25, 0.3) is 5.91 Å². The lowest BCUT2D eigenvalue weighted by Gasteiger charge is -2.25. The molecule has 0 aliphatic carbocycles. The first-order valence-electron chi connectivity index (χ1n) is 14.8. The summed E-state index contributed by atoms with van der Waals surface area (Å²) in [6, 6.07) is 12.4. The van der Waals surface area contributed by atoms with Crippen molar-refractivity contribution in [1.29, 1.82) is 0 Å². The van der Waals surface area contributed by atoms with Crippen molar-refractivity contribution >= 4 is 22.8 Å². The van der Waals surface area contributed by atoms with Gasteiger partial charge in [-0.15, -0.1) is 0 Å². The van der Waals surface area contributed by atoms with Crippen LogP contribution in [0.1, 0.15) is 65.5 Å². The Labute approximate surface area is 241 Å². The minimum Gasteiger partial charge on any atom is -0.493 e. The first kappa shape index (κ1) is 27.4. The van der Waals surface area contributed by atoms with Crippen LogP contribution in [0.5, 0.6) is 11.5 Å². The first-order chi connectivity index (χ1) is 19.9. The Morgan fingerprint density at radius 2 is 1.85 bits per heavy atom. The van der Waals surface area contributed by atoms with Gasteiger partial charge in [-0.3, -0.25) is 14.5 Å². The molecule has 3 aliphatic rings. The highest BCUT2D eigenvalue weighted by Gasteiger charge is 2.44. The Balaban J connectivity index is 1.24. The molecule has 2 fully saturated rings. The number of nitrogens with zero attached hydrogens (tertiary/aromatic N) is 4. The standard InChI is InChI=1S/C32H39N5O4/c1-20-21(2)35-26-15-23(8-10-25(26)34-20)32(39)36-12-4-5-14-41-30-17-22(9-11-29(30)40-3)28-16-24(18-33-31(38)19-36)27-7-6-13-37(27)28/h8-11,15,17,24,27-28H,4-7,12-14,16,18-19H2,1-3H3,(H,33,38)/t24-,27+,28-/m1/s1. The van der Waals surface area contributed by atoms with E-state index in [4.69, 9.17) is 9.47 Å². The van der Waals surface area contributed by atoms with Crippen LogP contribution in [0, 0.1) is 19.8 Å². The second-order valence-corrected chi connectivity index (χ2v) is 11.6. The Morgan fingerprint density at radius 3 is 2.68 bits per heavy atom. The molecule has 2 saturated heterocycles. The summed E-state index contributed by atoms with van der Waals surface area (Å²) in [6.45, 7) is 6.49. The molecule has 2 aromatic carbocycles. The molecule has 2 amide bonds. The third-order valence-corrected chi connectivity index (χ3v) is 8.97. The number of benzene rings is 2. The number of hydrogen-bond donors (Lipinski definition) is 1. The van der Waals surface area contributed by atoms with E-state index in [1.807, 2.05) is 26.0 Å². The normalized spacial score (nSPS) is 23.6. The van der Waals surface area contributed by atoms with E-state index in [1.165, 1.54) is 12.0 Å². The van der Waals surface area contributed by atoms with Crippen LogP contribution in [-0.4, -0.2) is 77.5 Å². The fraction of sp³-hybridized carbons (Fsp3) is 0.500. The summed E-state index contributed by atoms with van der Waals surface area (Å²) < 4.78 is 11.8. The van der Waals surface area contributed by atoms with Crippen molar-refractivity contribution in [3.63, 3.8) is 0 Å². The highest BCUT2D eigenvalue weighted by atomic mass is 16.5. The zero-order chi connectivity index (χ0) is 28.5. The van der Waals surface area contributed by atoms with Crippen LogP contribution < -0.4 is 14.8 Å². The summed E-state index contributed by atoms with van der Waals surface area (Å²) in [5.74, 6) is 1.56. The number of fused-ring (bicyclic) bond motifs is 9. The molecule has 4 heterocycles. The summed E-state index contributed by atoms with van der Waals surface area (Å²) in [7, 11) is 1.67. The van der Waals surface area contributed by atoms with Gasteiger partial charge in [-0.1, -0.05) is 6.07 Å². The molecular formula is C32H39N5O4. The minimum absolute atomic E-state index is 0.0216. The summed E-state index contributed by atoms with van der Waals surface area (Å²) in [5.41, 5.74) is 4.90. The molecule has 3 aromatic rings. The highest BCUT2D eigenvalue weighted by Crippen LogP contribution is 2.46. The molecule has 3 aliphatic heterocycles. The van der Waals surface area contributed by atoms with Crippen LogP contribution >= 0.6 is 0 Å². The number of amides is 2. The fourth-order valence-corrected chi connectivity index (χ4v) is 6.71. The Morgan fingerprint density at radius 1 is 1.02 bits per heavy atom. The van der Waals surface area contributed by atoms with Gasteiger partial charge in [0.2, 0.25) is 5.91 Å². The molecule has 4 bridgehead atoms. The van der Waals surface area contributed by atoms with Gasteiger partial charge >= 0.3 is 0 Å². The van der Waals surface area contributed by atoms with E-state index in [0.29, 0.717) is 55.2 Å². The Hall–Kier alpha value is -3.72. The largest absolute Gasteiger partial charge is 0.493 e. The van der Waals surface area contributed by atoms with Crippen LogP contribution in [0.3, 0.4) is 0 Å². The molecule has 0 radical (unpaired) electrons. The SMILES string of the molecule is COc1ccc2cc1OCCCCN(C(=O)c1ccc3nc(C)c(C)nc3c1)CC(=O)NC[C@H]1C[C@H]2N2CCC[C@@H]12. The third-order valence-electron chi connectivity index (χ3n) is 8.97. The quantitative estimate of drug-likeness (QED) is 0.504. The fourth-order valence-electron chi connectivity index (χ4n) is 6.71. The van der Waals surface area contributed by atoms with E-state index in [9.17, 15) is 9.59 Å². The van der Waals surface area contributed by atoms with Crippen LogP contribution in [0.2, 0.25) is 0 Å². The molecule has 3 atom stereocenters. The van der Waals surface area contributed by atoms with Crippen LogP contribution in [0.25, 0.3) is 11.0 Å². The van der Waals surface area contributed by atoms with Gasteiger partial charge in [0, 0.05) is 30.7 Å². The number of ether oxygens (including phenoxy) is 2. The lowest BCUT2D eigenvalue weighted by atomic mass is 9.94. The van der Waals surface area contributed by atoms with Crippen molar-refractivity contribution in [2.75, 3.05) is 39.9 Å². The zero-order valence-electron chi connectivity index (χ0n) is 24.2. The Kier molecular flexibility index (Phi) is 7.79. The second-order valence-electron chi connectivity index (χ2n) is 11.6. The monoisotopic (exact) mass is 557 g/mol. The van der Waals surface area contributed by atoms with E-state index in [2.05, 4.69) is 32.3 Å². The molecule has 6 rings (SSSR count). The van der Waals surface area contributed by atoms with Crippen LogP contribution in [0.4, 0.5) is 0 Å². The maximum absolute atomic E-state index is 13.7. The number of carbonyl (C=O) groups excluding carboxylic acids is 2. The zero-order valence-corrected chi connectivity index (χ0v) is 24.2. The molecule has 1 N–H and O–H groups in total. The molecule has 1 aromatic heterocycles. The van der Waals surface area contributed by atoms with E-state index < -0.39 is 0 Å². The molecular weight excluding hydrogens is 518 g/mol. The number of carbonyl (C=O) groups is 2. The molecule has 9 nitrogen and oxygen atoms in total. The third kappa shape index (κ3) is 5.60. The van der Waals surface area contributed by atoms with E-state index >= 15 is 0 Å². The van der Waals surface area contributed by atoms with Gasteiger partial charge in [-0.2, -0.15) is 0 Å². The molecule has 0 unspecified atom stereocenters. The maximum Gasteiger partial charge on any atom is 0.254 e. The predicted molar refractivity (Wildman–Crippen MR) is 156 cm³/mol. The highest BCUT2D eigenvalue weighted by molar-refractivity contribution is 5.99. The number of nitrogens with one attached hydrogen (secondary N) is 1. The van der Waals surface area contributed by atoms with Gasteiger partial charge < -0.3 is 19.7 Å². The van der Waals surface area contributed by atoms with Gasteiger partial charge in [-0.25, -0.2) is 9.97 Å². The first-order valence-corrected chi connectivity index (χ1v) is 14.8. The van der Waals surface area contributed by atoms with Crippen LogP contribution in [-0.2, 0) is 4.79 Å². The molecule has 0 spiro atoms. The lowest BCUT2D eigenvalue weighted by molar-refractivity contribution is -0.122. The second kappa shape index (κ2) is 11.6. The number of aryl methyl sites for hydroxylation is 2. The van der Waals surface area contributed by atoms with E-state index in [-0.39, 0.29) is 18.4 Å². The molecule has 0 saturated carbocycles. The number of methoxy groups -OCH3 is 1. The molecule has 9 heteroatoms. The average Bonchev–Trinajstić information content (AvgIpc) is 3.58. The summed E-state index contributed by atoms with van der Waals surface area (Å²) in [6.07, 6.45) is 4.73. The lowest BCUT2D eigenvalue weighted by Crippen LogP contribution is -2.43. The smallest absolute Gasteiger partial charge is 0.254 e. The van der Waals surface area contributed by atoms with Crippen molar-refractivity contribution in [3.8, 4) is 11.5 Å². The van der Waals surface area contributed by atoms with E-state index in [1.54, 1.807) is 24.1 Å². The van der Waals surface area contributed by atoms with Gasteiger partial charge in [-0.05, 0) is 94.3 Å². The van der Waals surface area contributed by atoms with Crippen molar-refractivity contribution in [2.24, 2.45) is 5.92 Å². The summed E-state index contributed by atoms with van der Waals surface area (Å²) in [4.78, 5) is 40.4. The number of aromatic nitrogens is 2. The van der Waals surface area contributed by atoms with Gasteiger partial charge in [0.05, 0.1) is 42.7 Å². The number of hydrogen-bond acceptors (Lipinski definition) is 7. The molecule has 41 heavy (non-hydrogen) atoms. The van der Waals surface area contributed by atoms with Crippen molar-refractivity contribution in [2.45, 2.75) is 58.0 Å². The van der Waals surface area contributed by atoms with E-state index in [0.717, 1.165) is 54.2 Å².